The van der Waals surface area contributed by atoms with Gasteiger partial charge in [-0.2, -0.15) is 0 Å². The Hall–Kier alpha value is -1.79. The van der Waals surface area contributed by atoms with Gasteiger partial charge in [0.2, 0.25) is 5.91 Å². The fraction of sp³-hybridized carbons (Fsp3) is 0.786. The molecule has 2 unspecified atom stereocenters. The predicted octanol–water partition coefficient (Wildman–Crippen LogP) is 0.984. The van der Waals surface area contributed by atoms with Gasteiger partial charge in [0.15, 0.2) is 0 Å². The number of carboxylic acids is 1. The number of alkyl carbamates (subject to hydrolysis) is 1. The fourth-order valence-electron chi connectivity index (χ4n) is 2.36. The number of carboxylic acid groups (broad SMARTS) is 1. The van der Waals surface area contributed by atoms with E-state index in [0.29, 0.717) is 0 Å². The zero-order valence-corrected chi connectivity index (χ0v) is 13.1. The summed E-state index contributed by atoms with van der Waals surface area (Å²) in [6.07, 6.45) is -0.549. The van der Waals surface area contributed by atoms with E-state index in [0.717, 1.165) is 0 Å². The molecule has 1 saturated carbocycles. The zero-order valence-electron chi connectivity index (χ0n) is 13.1. The van der Waals surface area contributed by atoms with Crippen LogP contribution in [-0.4, -0.2) is 41.8 Å². The van der Waals surface area contributed by atoms with Gasteiger partial charge in [-0.3, -0.25) is 9.59 Å². The van der Waals surface area contributed by atoms with Gasteiger partial charge in [0.25, 0.3) is 0 Å². The van der Waals surface area contributed by atoms with E-state index in [1.54, 1.807) is 34.6 Å². The van der Waals surface area contributed by atoms with E-state index in [9.17, 15) is 14.4 Å². The molecule has 0 heterocycles. The Bertz CT molecular complexity index is 439. The molecule has 7 heteroatoms. The summed E-state index contributed by atoms with van der Waals surface area (Å²) in [5.41, 5.74) is -1.09. The highest BCUT2D eigenvalue weighted by Gasteiger charge is 2.65. The molecule has 0 aliphatic heterocycles. The molecule has 1 fully saturated rings. The Kier molecular flexibility index (Phi) is 4.86. The molecule has 0 spiro atoms. The van der Waals surface area contributed by atoms with Crippen molar-refractivity contribution in [2.45, 2.75) is 40.2 Å². The maximum absolute atomic E-state index is 11.9. The average Bonchev–Trinajstić information content (AvgIpc) is 2.85. The van der Waals surface area contributed by atoms with E-state index >= 15 is 0 Å². The summed E-state index contributed by atoms with van der Waals surface area (Å²) < 4.78 is 5.05. The molecule has 1 rings (SSSR count). The van der Waals surface area contributed by atoms with Gasteiger partial charge in [-0.15, -0.1) is 0 Å². The molecule has 0 aromatic rings. The monoisotopic (exact) mass is 300 g/mol. The molecule has 2 atom stereocenters. The van der Waals surface area contributed by atoms with Crippen LogP contribution in [0.5, 0.6) is 0 Å². The van der Waals surface area contributed by atoms with Gasteiger partial charge >= 0.3 is 12.1 Å². The van der Waals surface area contributed by atoms with E-state index in [2.05, 4.69) is 10.6 Å². The van der Waals surface area contributed by atoms with E-state index < -0.39 is 34.9 Å². The van der Waals surface area contributed by atoms with Gasteiger partial charge < -0.3 is 20.5 Å². The van der Waals surface area contributed by atoms with Crippen molar-refractivity contribution in [1.29, 1.82) is 0 Å². The van der Waals surface area contributed by atoms with Crippen molar-refractivity contribution >= 4 is 18.0 Å². The summed E-state index contributed by atoms with van der Waals surface area (Å²) in [6.45, 7) is 9.26. The summed E-state index contributed by atoms with van der Waals surface area (Å²) in [7, 11) is 0. The van der Waals surface area contributed by atoms with Gasteiger partial charge in [-0.05, 0) is 26.2 Å². The molecule has 120 valence electrons. The summed E-state index contributed by atoms with van der Waals surface area (Å²) >= 11 is 0. The van der Waals surface area contributed by atoms with Crippen molar-refractivity contribution in [2.75, 3.05) is 13.1 Å². The second-order valence-corrected chi connectivity index (χ2v) is 6.83. The molecule has 7 nitrogen and oxygen atoms in total. The topological polar surface area (TPSA) is 105 Å². The second kappa shape index (κ2) is 5.91. The first-order chi connectivity index (χ1) is 9.47. The standard InChI is InChI=1S/C14H24N2O5/c1-13(2,3)21-12(20)16-7-6-15-10(17)8-9(11(18)19)14(8,4)5/h8-9H,6-7H2,1-5H3,(H,15,17)(H,16,20)(H,18,19). The minimum Gasteiger partial charge on any atom is -0.481 e. The smallest absolute Gasteiger partial charge is 0.407 e. The van der Waals surface area contributed by atoms with Gasteiger partial charge in [0.1, 0.15) is 5.60 Å². The molecular formula is C14H24N2O5. The van der Waals surface area contributed by atoms with Crippen molar-refractivity contribution in [3.05, 3.63) is 0 Å². The molecule has 0 bridgehead atoms. The molecule has 1 aliphatic rings. The lowest BCUT2D eigenvalue weighted by atomic mass is 10.1. The third kappa shape index (κ3) is 4.61. The van der Waals surface area contributed by atoms with Crippen LogP contribution in [0.25, 0.3) is 0 Å². The lowest BCUT2D eigenvalue weighted by Gasteiger charge is -2.19. The van der Waals surface area contributed by atoms with Crippen LogP contribution >= 0.6 is 0 Å². The Balaban J connectivity index is 2.27. The van der Waals surface area contributed by atoms with Gasteiger partial charge in [-0.1, -0.05) is 13.8 Å². The SMILES string of the molecule is CC(C)(C)OC(=O)NCCNC(=O)C1C(C(=O)O)C1(C)C. The number of aliphatic carboxylic acids is 1. The number of hydrogen-bond donors (Lipinski definition) is 3. The molecule has 3 N–H and O–H groups in total. The maximum atomic E-state index is 11.9. The highest BCUT2D eigenvalue weighted by atomic mass is 16.6. The Labute approximate surface area is 124 Å². The van der Waals surface area contributed by atoms with Crippen molar-refractivity contribution < 1.29 is 24.2 Å². The van der Waals surface area contributed by atoms with Crippen molar-refractivity contribution in [3.63, 3.8) is 0 Å². The van der Waals surface area contributed by atoms with Crippen LogP contribution in [0.3, 0.4) is 0 Å². The number of amides is 2. The van der Waals surface area contributed by atoms with Crippen LogP contribution in [0, 0.1) is 17.3 Å². The molecule has 2 amide bonds. The third-order valence-electron chi connectivity index (χ3n) is 3.47. The lowest BCUT2D eigenvalue weighted by molar-refractivity contribution is -0.140. The molecule has 0 saturated heterocycles. The summed E-state index contributed by atoms with van der Waals surface area (Å²) in [5.74, 6) is -2.40. The molecule has 1 aliphatic carbocycles. The number of rotatable bonds is 5. The average molecular weight is 300 g/mol. The predicted molar refractivity (Wildman–Crippen MR) is 75.6 cm³/mol. The quantitative estimate of drug-likeness (QED) is 0.657. The Morgan fingerprint density at radius 2 is 1.62 bits per heavy atom. The zero-order chi connectivity index (χ0) is 16.4. The number of carbonyl (C=O) groups is 3. The molecule has 0 aromatic heterocycles. The molecule has 0 aromatic carbocycles. The summed E-state index contributed by atoms with van der Waals surface area (Å²) in [4.78, 5) is 34.3. The molecule has 21 heavy (non-hydrogen) atoms. The molecule has 0 radical (unpaired) electrons. The van der Waals surface area contributed by atoms with Crippen LogP contribution in [0.2, 0.25) is 0 Å². The number of ether oxygens (including phenoxy) is 1. The van der Waals surface area contributed by atoms with Gasteiger partial charge in [0, 0.05) is 13.1 Å². The van der Waals surface area contributed by atoms with Gasteiger partial charge in [-0.25, -0.2) is 4.79 Å². The van der Waals surface area contributed by atoms with E-state index in [-0.39, 0.29) is 19.0 Å². The highest BCUT2D eigenvalue weighted by Crippen LogP contribution is 2.58. The summed E-state index contributed by atoms with van der Waals surface area (Å²) in [5, 5.41) is 14.2. The second-order valence-electron chi connectivity index (χ2n) is 6.83. The van der Waals surface area contributed by atoms with E-state index in [4.69, 9.17) is 9.84 Å². The molecular weight excluding hydrogens is 276 g/mol. The van der Waals surface area contributed by atoms with E-state index in [1.807, 2.05) is 0 Å². The first-order valence-corrected chi connectivity index (χ1v) is 6.94. The van der Waals surface area contributed by atoms with Crippen molar-refractivity contribution in [2.24, 2.45) is 17.3 Å². The highest BCUT2D eigenvalue weighted by molar-refractivity contribution is 5.91. The Morgan fingerprint density at radius 1 is 1.10 bits per heavy atom. The van der Waals surface area contributed by atoms with Crippen LogP contribution < -0.4 is 10.6 Å². The number of carbonyl (C=O) groups excluding carboxylic acids is 2. The minimum absolute atomic E-state index is 0.228. The van der Waals surface area contributed by atoms with Gasteiger partial charge in [0.05, 0.1) is 11.8 Å². The van der Waals surface area contributed by atoms with E-state index in [1.165, 1.54) is 0 Å². The number of nitrogens with one attached hydrogen (secondary N) is 2. The first kappa shape index (κ1) is 17.3. The van der Waals surface area contributed by atoms with Crippen LogP contribution in [0.4, 0.5) is 4.79 Å². The normalized spacial score (nSPS) is 23.1. The van der Waals surface area contributed by atoms with Crippen LogP contribution in [0.15, 0.2) is 0 Å². The van der Waals surface area contributed by atoms with Crippen molar-refractivity contribution in [1.82, 2.24) is 10.6 Å². The number of hydrogen-bond acceptors (Lipinski definition) is 4. The lowest BCUT2D eigenvalue weighted by Crippen LogP contribution is -2.38. The van der Waals surface area contributed by atoms with Crippen LogP contribution in [-0.2, 0) is 14.3 Å². The van der Waals surface area contributed by atoms with Crippen molar-refractivity contribution in [3.8, 4) is 0 Å². The van der Waals surface area contributed by atoms with Crippen LogP contribution in [0.1, 0.15) is 34.6 Å². The fourth-order valence-corrected chi connectivity index (χ4v) is 2.36. The first-order valence-electron chi connectivity index (χ1n) is 6.94. The minimum atomic E-state index is -0.952. The third-order valence-corrected chi connectivity index (χ3v) is 3.47. The maximum Gasteiger partial charge on any atom is 0.407 e. The largest absolute Gasteiger partial charge is 0.481 e. The Morgan fingerprint density at radius 3 is 2.05 bits per heavy atom. The summed E-state index contributed by atoms with van der Waals surface area (Å²) in [6, 6.07) is 0.